The van der Waals surface area contributed by atoms with E-state index in [2.05, 4.69) is 25.9 Å². The minimum Gasteiger partial charge on any atom is -0.508 e. The monoisotopic (exact) mass is 561 g/mol. The van der Waals surface area contributed by atoms with Gasteiger partial charge in [-0.05, 0) is 24.1 Å². The largest absolute Gasteiger partial charge is 0.508 e. The van der Waals surface area contributed by atoms with Crippen LogP contribution in [-0.4, -0.2) is 85.0 Å². The Balaban J connectivity index is 2.22. The molecule has 0 fully saturated rings. The van der Waals surface area contributed by atoms with E-state index < -0.39 is 66.2 Å². The van der Waals surface area contributed by atoms with Gasteiger partial charge < -0.3 is 47.7 Å². The molecule has 0 aliphatic heterocycles. The number of benzene rings is 1. The van der Waals surface area contributed by atoms with Gasteiger partial charge in [0.1, 0.15) is 23.9 Å². The maximum Gasteiger partial charge on any atom is 0.326 e. The van der Waals surface area contributed by atoms with Gasteiger partial charge in [-0.1, -0.05) is 12.1 Å². The predicted molar refractivity (Wildman–Crippen MR) is 136 cm³/mol. The maximum atomic E-state index is 13.2. The second-order valence-corrected chi connectivity index (χ2v) is 8.88. The molecular formula is C24H31N7O9. The first kappa shape index (κ1) is 31.2. The molecule has 0 bridgehead atoms. The van der Waals surface area contributed by atoms with E-state index in [0.717, 1.165) is 0 Å². The number of amides is 4. The SMILES string of the molecule is NC(=O)CCC(N)C(=O)NC(Cc1ccc(O)cc1)C(=O)NC(CC(=O)O)C(=O)NC(Cc1cnc[nH]1)C(=O)O. The van der Waals surface area contributed by atoms with Gasteiger partial charge in [0.15, 0.2) is 0 Å². The summed E-state index contributed by atoms with van der Waals surface area (Å²) < 4.78 is 0. The number of aromatic hydroxyl groups is 1. The van der Waals surface area contributed by atoms with Crippen LogP contribution in [0.1, 0.15) is 30.5 Å². The number of imidazole rings is 1. The summed E-state index contributed by atoms with van der Waals surface area (Å²) >= 11 is 0. The zero-order chi connectivity index (χ0) is 29.8. The number of carbonyl (C=O) groups is 6. The molecule has 16 heteroatoms. The average molecular weight is 562 g/mol. The van der Waals surface area contributed by atoms with Crippen LogP contribution in [-0.2, 0) is 41.6 Å². The van der Waals surface area contributed by atoms with Crippen molar-refractivity contribution in [2.75, 3.05) is 0 Å². The molecule has 2 rings (SSSR count). The summed E-state index contributed by atoms with van der Waals surface area (Å²) in [5, 5.41) is 35.2. The lowest BCUT2D eigenvalue weighted by Crippen LogP contribution is -2.58. The normalized spacial score (nSPS) is 13.7. The van der Waals surface area contributed by atoms with Crippen LogP contribution in [0.4, 0.5) is 0 Å². The predicted octanol–water partition coefficient (Wildman–Crippen LogP) is -2.49. The van der Waals surface area contributed by atoms with Gasteiger partial charge >= 0.3 is 11.9 Å². The number of phenols is 1. The van der Waals surface area contributed by atoms with Crippen molar-refractivity contribution in [2.45, 2.75) is 56.3 Å². The second kappa shape index (κ2) is 14.8. The standard InChI is InChI=1S/C24H31N7O9/c25-15(5-6-19(26)33)21(36)29-16(7-12-1-3-14(32)4-2-12)22(37)30-17(9-20(34)35)23(38)31-18(24(39)40)8-13-10-27-11-28-13/h1-4,10-11,15-18,32H,5-9,25H2,(H2,26,33)(H,27,28)(H,29,36)(H,30,37)(H,31,38)(H,34,35)(H,39,40). The van der Waals surface area contributed by atoms with E-state index in [1.54, 1.807) is 0 Å². The molecule has 1 aromatic carbocycles. The zero-order valence-electron chi connectivity index (χ0n) is 21.2. The number of carboxylic acids is 2. The van der Waals surface area contributed by atoms with Crippen molar-refractivity contribution < 1.29 is 44.1 Å². The van der Waals surface area contributed by atoms with Crippen molar-refractivity contribution in [3.8, 4) is 5.75 Å². The number of phenolic OH excluding ortho intramolecular Hbond substituents is 1. The lowest BCUT2D eigenvalue weighted by atomic mass is 10.0. The molecule has 0 aliphatic carbocycles. The molecule has 0 saturated heterocycles. The number of hydrogen-bond donors (Lipinski definition) is 9. The van der Waals surface area contributed by atoms with Crippen molar-refractivity contribution >= 4 is 35.6 Å². The summed E-state index contributed by atoms with van der Waals surface area (Å²) in [5.41, 5.74) is 11.7. The first-order chi connectivity index (χ1) is 18.8. The number of nitrogens with two attached hydrogens (primary N) is 2. The zero-order valence-corrected chi connectivity index (χ0v) is 21.2. The van der Waals surface area contributed by atoms with Crippen LogP contribution < -0.4 is 27.4 Å². The summed E-state index contributed by atoms with van der Waals surface area (Å²) in [6, 6.07) is -0.130. The van der Waals surface area contributed by atoms with E-state index >= 15 is 0 Å². The van der Waals surface area contributed by atoms with E-state index in [-0.39, 0.29) is 31.4 Å². The molecule has 4 unspecified atom stereocenters. The van der Waals surface area contributed by atoms with Crippen LogP contribution in [0.25, 0.3) is 0 Å². The first-order valence-corrected chi connectivity index (χ1v) is 12.0. The minimum atomic E-state index is -1.71. The molecule has 216 valence electrons. The van der Waals surface area contributed by atoms with Crippen LogP contribution in [0.15, 0.2) is 36.8 Å². The topological polar surface area (TPSA) is 280 Å². The fourth-order valence-corrected chi connectivity index (χ4v) is 3.53. The maximum absolute atomic E-state index is 13.2. The Bertz CT molecular complexity index is 1200. The van der Waals surface area contributed by atoms with Crippen LogP contribution in [0.3, 0.4) is 0 Å². The van der Waals surface area contributed by atoms with E-state index in [1.165, 1.54) is 36.8 Å². The second-order valence-electron chi connectivity index (χ2n) is 8.88. The summed E-state index contributed by atoms with van der Waals surface area (Å²) in [7, 11) is 0. The number of nitrogens with one attached hydrogen (secondary N) is 4. The number of aromatic amines is 1. The molecule has 2 aromatic rings. The molecule has 0 saturated carbocycles. The number of rotatable bonds is 16. The van der Waals surface area contributed by atoms with E-state index in [4.69, 9.17) is 11.5 Å². The third-order valence-electron chi connectivity index (χ3n) is 5.65. The van der Waals surface area contributed by atoms with Crippen LogP contribution in [0.5, 0.6) is 5.75 Å². The van der Waals surface area contributed by atoms with Gasteiger partial charge in [0.05, 0.1) is 18.8 Å². The van der Waals surface area contributed by atoms with Crippen molar-refractivity contribution in [1.82, 2.24) is 25.9 Å². The van der Waals surface area contributed by atoms with E-state index in [1.807, 2.05) is 0 Å². The van der Waals surface area contributed by atoms with Gasteiger partial charge in [-0.25, -0.2) is 9.78 Å². The number of nitrogens with zero attached hydrogens (tertiary/aromatic N) is 1. The molecule has 0 spiro atoms. The molecule has 40 heavy (non-hydrogen) atoms. The molecule has 0 aliphatic rings. The number of aromatic nitrogens is 2. The highest BCUT2D eigenvalue weighted by atomic mass is 16.4. The van der Waals surface area contributed by atoms with Crippen LogP contribution in [0.2, 0.25) is 0 Å². The molecule has 1 heterocycles. The van der Waals surface area contributed by atoms with E-state index in [0.29, 0.717) is 11.3 Å². The summed E-state index contributed by atoms with van der Waals surface area (Å²) in [6.07, 6.45) is 1.12. The third-order valence-corrected chi connectivity index (χ3v) is 5.65. The quantitative estimate of drug-likeness (QED) is 0.103. The lowest BCUT2D eigenvalue weighted by molar-refractivity contribution is -0.143. The Labute approximate surface area is 227 Å². The van der Waals surface area contributed by atoms with Crippen molar-refractivity contribution in [1.29, 1.82) is 0 Å². The first-order valence-electron chi connectivity index (χ1n) is 12.0. The molecule has 4 amide bonds. The van der Waals surface area contributed by atoms with E-state index in [9.17, 15) is 44.1 Å². The molecule has 11 N–H and O–H groups in total. The van der Waals surface area contributed by atoms with Crippen molar-refractivity contribution in [2.24, 2.45) is 11.5 Å². The number of aliphatic carboxylic acids is 2. The minimum absolute atomic E-state index is 0.0523. The Hall–Kier alpha value is -4.99. The van der Waals surface area contributed by atoms with Gasteiger partial charge in [0.25, 0.3) is 0 Å². The number of carboxylic acid groups (broad SMARTS) is 2. The highest BCUT2D eigenvalue weighted by Crippen LogP contribution is 2.12. The number of hydrogen-bond acceptors (Lipinski definition) is 9. The lowest BCUT2D eigenvalue weighted by Gasteiger charge is -2.24. The van der Waals surface area contributed by atoms with Crippen LogP contribution in [0, 0.1) is 0 Å². The Morgan fingerprint density at radius 2 is 1.48 bits per heavy atom. The molecule has 1 aromatic heterocycles. The highest BCUT2D eigenvalue weighted by molar-refractivity contribution is 5.95. The molecule has 16 nitrogen and oxygen atoms in total. The fraction of sp³-hybridized carbons (Fsp3) is 0.375. The smallest absolute Gasteiger partial charge is 0.326 e. The third kappa shape index (κ3) is 10.4. The summed E-state index contributed by atoms with van der Waals surface area (Å²) in [6.45, 7) is 0. The van der Waals surface area contributed by atoms with Gasteiger partial charge in [0.2, 0.25) is 23.6 Å². The summed E-state index contributed by atoms with van der Waals surface area (Å²) in [4.78, 5) is 79.4. The van der Waals surface area contributed by atoms with Gasteiger partial charge in [-0.15, -0.1) is 0 Å². The molecule has 0 radical (unpaired) electrons. The van der Waals surface area contributed by atoms with Gasteiger partial charge in [0, 0.05) is 31.2 Å². The Kier molecular flexibility index (Phi) is 11.6. The summed E-state index contributed by atoms with van der Waals surface area (Å²) in [5.74, 6) is -6.48. The van der Waals surface area contributed by atoms with Crippen LogP contribution >= 0.6 is 0 Å². The Morgan fingerprint density at radius 3 is 2.02 bits per heavy atom. The average Bonchev–Trinajstić information content (AvgIpc) is 3.40. The Morgan fingerprint density at radius 1 is 0.875 bits per heavy atom. The number of carbonyl (C=O) groups excluding carboxylic acids is 4. The van der Waals surface area contributed by atoms with Gasteiger partial charge in [-0.3, -0.25) is 24.0 Å². The number of primary amides is 1. The number of H-pyrrole nitrogens is 1. The van der Waals surface area contributed by atoms with Crippen molar-refractivity contribution in [3.63, 3.8) is 0 Å². The molecule has 4 atom stereocenters. The van der Waals surface area contributed by atoms with Gasteiger partial charge in [-0.2, -0.15) is 0 Å². The van der Waals surface area contributed by atoms with Crippen molar-refractivity contribution in [3.05, 3.63) is 48.0 Å². The highest BCUT2D eigenvalue weighted by Gasteiger charge is 2.32. The molecular weight excluding hydrogens is 530 g/mol. The fourth-order valence-electron chi connectivity index (χ4n) is 3.53.